The van der Waals surface area contributed by atoms with Gasteiger partial charge in [-0.1, -0.05) is 6.07 Å². The van der Waals surface area contributed by atoms with Crippen molar-refractivity contribution >= 4 is 11.6 Å². The number of hydrogen-bond acceptors (Lipinski definition) is 5. The highest BCUT2D eigenvalue weighted by atomic mass is 16.2. The molecule has 0 unspecified atom stereocenters. The standard InChI is InChI=1S/C16H19N5O/c1-20-6-8-21(9-7-20)16(22)15-3-2-12(10-19-15)13-4-5-18-11-14(13)17/h2-5,10-11H,6-9,17H2,1H3. The molecule has 1 aliphatic heterocycles. The number of nitrogen functional groups attached to an aromatic ring is 1. The summed E-state index contributed by atoms with van der Waals surface area (Å²) in [5.74, 6) is -0.0117. The molecule has 2 N–H and O–H groups in total. The van der Waals surface area contributed by atoms with Gasteiger partial charge in [0, 0.05) is 49.7 Å². The molecule has 3 rings (SSSR count). The first-order valence-electron chi connectivity index (χ1n) is 7.29. The quantitative estimate of drug-likeness (QED) is 0.899. The lowest BCUT2D eigenvalue weighted by molar-refractivity contribution is 0.0658. The van der Waals surface area contributed by atoms with Crippen molar-refractivity contribution in [1.82, 2.24) is 19.8 Å². The molecule has 6 heteroatoms. The normalized spacial score (nSPS) is 15.8. The van der Waals surface area contributed by atoms with E-state index in [9.17, 15) is 4.79 Å². The maximum absolute atomic E-state index is 12.4. The number of piperazine rings is 1. The molecule has 1 amide bonds. The fourth-order valence-electron chi connectivity index (χ4n) is 2.52. The van der Waals surface area contributed by atoms with Gasteiger partial charge in [0.05, 0.1) is 11.9 Å². The topological polar surface area (TPSA) is 75.3 Å². The van der Waals surface area contributed by atoms with Crippen LogP contribution >= 0.6 is 0 Å². The highest BCUT2D eigenvalue weighted by Crippen LogP contribution is 2.24. The first-order valence-corrected chi connectivity index (χ1v) is 7.29. The Labute approximate surface area is 129 Å². The molecule has 2 aromatic heterocycles. The molecule has 1 aliphatic rings. The van der Waals surface area contributed by atoms with Crippen molar-refractivity contribution in [2.75, 3.05) is 39.0 Å². The van der Waals surface area contributed by atoms with E-state index in [4.69, 9.17) is 5.73 Å². The lowest BCUT2D eigenvalue weighted by Crippen LogP contribution is -2.47. The second-order valence-corrected chi connectivity index (χ2v) is 5.49. The Balaban J connectivity index is 1.77. The number of aromatic nitrogens is 2. The van der Waals surface area contributed by atoms with Crippen molar-refractivity contribution in [3.05, 3.63) is 42.5 Å². The minimum absolute atomic E-state index is 0.0117. The van der Waals surface area contributed by atoms with Crippen LogP contribution in [0.25, 0.3) is 11.1 Å². The lowest BCUT2D eigenvalue weighted by atomic mass is 10.1. The predicted molar refractivity (Wildman–Crippen MR) is 85.3 cm³/mol. The average molecular weight is 297 g/mol. The Hall–Kier alpha value is -2.47. The summed E-state index contributed by atoms with van der Waals surface area (Å²) >= 11 is 0. The molecule has 0 bridgehead atoms. The predicted octanol–water partition coefficient (Wildman–Crippen LogP) is 1.11. The van der Waals surface area contributed by atoms with Crippen molar-refractivity contribution in [2.45, 2.75) is 0 Å². The van der Waals surface area contributed by atoms with Gasteiger partial charge in [-0.25, -0.2) is 0 Å². The summed E-state index contributed by atoms with van der Waals surface area (Å²) in [6, 6.07) is 5.48. The molecule has 0 atom stereocenters. The molecule has 2 aromatic rings. The van der Waals surface area contributed by atoms with Gasteiger partial charge in [0.25, 0.3) is 5.91 Å². The van der Waals surface area contributed by atoms with Crippen LogP contribution in [0.15, 0.2) is 36.8 Å². The first-order chi connectivity index (χ1) is 10.6. The fraction of sp³-hybridized carbons (Fsp3) is 0.312. The van der Waals surface area contributed by atoms with Crippen LogP contribution in [-0.4, -0.2) is 58.9 Å². The number of anilines is 1. The fourth-order valence-corrected chi connectivity index (χ4v) is 2.52. The second-order valence-electron chi connectivity index (χ2n) is 5.49. The number of hydrogen-bond donors (Lipinski definition) is 1. The van der Waals surface area contributed by atoms with Crippen LogP contribution in [0.4, 0.5) is 5.69 Å². The Morgan fingerprint density at radius 2 is 1.91 bits per heavy atom. The van der Waals surface area contributed by atoms with Crippen LogP contribution in [0, 0.1) is 0 Å². The van der Waals surface area contributed by atoms with Gasteiger partial charge in [-0.15, -0.1) is 0 Å². The van der Waals surface area contributed by atoms with Crippen LogP contribution in [-0.2, 0) is 0 Å². The number of rotatable bonds is 2. The van der Waals surface area contributed by atoms with Crippen molar-refractivity contribution in [1.29, 1.82) is 0 Å². The summed E-state index contributed by atoms with van der Waals surface area (Å²) < 4.78 is 0. The van der Waals surface area contributed by atoms with E-state index in [2.05, 4.69) is 21.9 Å². The smallest absolute Gasteiger partial charge is 0.272 e. The maximum Gasteiger partial charge on any atom is 0.272 e. The van der Waals surface area contributed by atoms with Crippen LogP contribution in [0.2, 0.25) is 0 Å². The van der Waals surface area contributed by atoms with Crippen LogP contribution in [0.3, 0.4) is 0 Å². The Kier molecular flexibility index (Phi) is 4.02. The summed E-state index contributed by atoms with van der Waals surface area (Å²) in [5.41, 5.74) is 8.74. The van der Waals surface area contributed by atoms with Crippen molar-refractivity contribution in [3.63, 3.8) is 0 Å². The largest absolute Gasteiger partial charge is 0.397 e. The second kappa shape index (κ2) is 6.11. The Morgan fingerprint density at radius 1 is 1.14 bits per heavy atom. The molecule has 22 heavy (non-hydrogen) atoms. The van der Waals surface area contributed by atoms with Gasteiger partial charge < -0.3 is 15.5 Å². The SMILES string of the molecule is CN1CCN(C(=O)c2ccc(-c3ccncc3N)cn2)CC1. The molecular weight excluding hydrogens is 278 g/mol. The van der Waals surface area contributed by atoms with Gasteiger partial charge in [0.15, 0.2) is 0 Å². The number of pyridine rings is 2. The van der Waals surface area contributed by atoms with E-state index in [1.807, 2.05) is 17.0 Å². The van der Waals surface area contributed by atoms with Crippen molar-refractivity contribution in [3.8, 4) is 11.1 Å². The molecule has 6 nitrogen and oxygen atoms in total. The minimum atomic E-state index is -0.0117. The lowest BCUT2D eigenvalue weighted by Gasteiger charge is -2.32. The number of carbonyl (C=O) groups is 1. The van der Waals surface area contributed by atoms with Gasteiger partial charge in [0.2, 0.25) is 0 Å². The van der Waals surface area contributed by atoms with Gasteiger partial charge >= 0.3 is 0 Å². The zero-order valence-corrected chi connectivity index (χ0v) is 12.6. The van der Waals surface area contributed by atoms with Crippen LogP contribution in [0.1, 0.15) is 10.5 Å². The Bertz CT molecular complexity index is 662. The summed E-state index contributed by atoms with van der Waals surface area (Å²) in [6.45, 7) is 3.29. The monoisotopic (exact) mass is 297 g/mol. The third-order valence-corrected chi connectivity index (χ3v) is 3.94. The number of nitrogens with two attached hydrogens (primary N) is 1. The van der Waals surface area contributed by atoms with Gasteiger partial charge in [-0.2, -0.15) is 0 Å². The van der Waals surface area contributed by atoms with Crippen molar-refractivity contribution in [2.24, 2.45) is 0 Å². The van der Waals surface area contributed by atoms with E-state index in [0.29, 0.717) is 11.4 Å². The number of amides is 1. The van der Waals surface area contributed by atoms with Crippen molar-refractivity contribution < 1.29 is 4.79 Å². The summed E-state index contributed by atoms with van der Waals surface area (Å²) in [6.07, 6.45) is 4.99. The molecular formula is C16H19N5O. The maximum atomic E-state index is 12.4. The van der Waals surface area contributed by atoms with Gasteiger partial charge in [-0.05, 0) is 19.2 Å². The number of nitrogens with zero attached hydrogens (tertiary/aromatic N) is 4. The molecule has 1 fully saturated rings. The molecule has 1 saturated heterocycles. The zero-order valence-electron chi connectivity index (χ0n) is 12.6. The summed E-state index contributed by atoms with van der Waals surface area (Å²) in [4.78, 5) is 24.8. The first kappa shape index (κ1) is 14.5. The molecule has 0 saturated carbocycles. The summed E-state index contributed by atoms with van der Waals surface area (Å²) in [7, 11) is 2.06. The third kappa shape index (κ3) is 2.92. The highest BCUT2D eigenvalue weighted by molar-refractivity contribution is 5.92. The molecule has 0 radical (unpaired) electrons. The minimum Gasteiger partial charge on any atom is -0.397 e. The number of carbonyl (C=O) groups excluding carboxylic acids is 1. The van der Waals surface area contributed by atoms with E-state index in [1.54, 1.807) is 24.7 Å². The third-order valence-electron chi connectivity index (χ3n) is 3.94. The average Bonchev–Trinajstić information content (AvgIpc) is 2.56. The van der Waals surface area contributed by atoms with E-state index in [-0.39, 0.29) is 5.91 Å². The zero-order chi connectivity index (χ0) is 15.5. The van der Waals surface area contributed by atoms with E-state index >= 15 is 0 Å². The van der Waals surface area contributed by atoms with Gasteiger partial charge in [-0.3, -0.25) is 14.8 Å². The van der Waals surface area contributed by atoms with E-state index < -0.39 is 0 Å². The molecule has 114 valence electrons. The number of likely N-dealkylation sites (N-methyl/N-ethyl adjacent to an activating group) is 1. The van der Waals surface area contributed by atoms with Crippen LogP contribution < -0.4 is 5.73 Å². The molecule has 0 aromatic carbocycles. The summed E-state index contributed by atoms with van der Waals surface area (Å²) in [5, 5.41) is 0. The van der Waals surface area contributed by atoms with E-state index in [1.165, 1.54) is 0 Å². The highest BCUT2D eigenvalue weighted by Gasteiger charge is 2.21. The molecule has 0 spiro atoms. The van der Waals surface area contributed by atoms with Crippen LogP contribution in [0.5, 0.6) is 0 Å². The molecule has 3 heterocycles. The Morgan fingerprint density at radius 3 is 2.55 bits per heavy atom. The van der Waals surface area contributed by atoms with Gasteiger partial charge in [0.1, 0.15) is 5.69 Å². The van der Waals surface area contributed by atoms with E-state index in [0.717, 1.165) is 37.3 Å². The molecule has 0 aliphatic carbocycles.